The molecule has 1 aromatic heterocycles. The first-order chi connectivity index (χ1) is 8.88. The Morgan fingerprint density at radius 1 is 1.32 bits per heavy atom. The predicted molar refractivity (Wildman–Crippen MR) is 73.8 cm³/mol. The van der Waals surface area contributed by atoms with Gasteiger partial charge in [0.2, 0.25) is 5.88 Å². The third-order valence-electron chi connectivity index (χ3n) is 2.23. The number of anilines is 1. The lowest BCUT2D eigenvalue weighted by Gasteiger charge is -2.08. The molecule has 2 N–H and O–H groups in total. The summed E-state index contributed by atoms with van der Waals surface area (Å²) in [5.74, 6) is 0.809. The van der Waals surface area contributed by atoms with E-state index in [0.717, 1.165) is 6.26 Å². The summed E-state index contributed by atoms with van der Waals surface area (Å²) in [5, 5.41) is 0. The summed E-state index contributed by atoms with van der Waals surface area (Å²) in [6.45, 7) is 0. The van der Waals surface area contributed by atoms with Crippen molar-refractivity contribution in [2.24, 2.45) is 0 Å². The average molecular weight is 344 g/mol. The first-order valence-electron chi connectivity index (χ1n) is 5.12. The Labute approximate surface area is 118 Å². The quantitative estimate of drug-likeness (QED) is 0.915. The number of sulfone groups is 1. The summed E-state index contributed by atoms with van der Waals surface area (Å²) in [4.78, 5) is 7.87. The number of nitrogens with zero attached hydrogens (tertiary/aromatic N) is 2. The van der Waals surface area contributed by atoms with Gasteiger partial charge >= 0.3 is 0 Å². The minimum absolute atomic E-state index is 0.170. The van der Waals surface area contributed by atoms with Crippen molar-refractivity contribution in [3.8, 4) is 11.6 Å². The van der Waals surface area contributed by atoms with E-state index in [4.69, 9.17) is 10.5 Å². The average Bonchev–Trinajstić information content (AvgIpc) is 2.34. The molecule has 0 bridgehead atoms. The monoisotopic (exact) mass is 343 g/mol. The fraction of sp³-hybridized carbons (Fsp3) is 0.0909. The van der Waals surface area contributed by atoms with Gasteiger partial charge in [-0.15, -0.1) is 0 Å². The molecule has 0 saturated heterocycles. The normalized spacial score (nSPS) is 11.3. The Morgan fingerprint density at radius 3 is 2.74 bits per heavy atom. The second-order valence-electron chi connectivity index (χ2n) is 3.73. The number of benzene rings is 1. The van der Waals surface area contributed by atoms with Crippen molar-refractivity contribution in [3.05, 3.63) is 35.1 Å². The van der Waals surface area contributed by atoms with Crippen LogP contribution in [0.5, 0.6) is 11.6 Å². The van der Waals surface area contributed by atoms with Crippen LogP contribution in [0.3, 0.4) is 0 Å². The van der Waals surface area contributed by atoms with Crippen LogP contribution in [0.15, 0.2) is 40.0 Å². The summed E-state index contributed by atoms with van der Waals surface area (Å²) < 4.78 is 28.8. The number of halogens is 1. The van der Waals surface area contributed by atoms with E-state index in [2.05, 4.69) is 25.9 Å². The summed E-state index contributed by atoms with van der Waals surface area (Å²) >= 11 is 3.20. The highest BCUT2D eigenvalue weighted by molar-refractivity contribution is 9.10. The van der Waals surface area contributed by atoms with Crippen LogP contribution in [0, 0.1) is 0 Å². The number of nitrogens with two attached hydrogens (primary N) is 1. The highest BCUT2D eigenvalue weighted by atomic mass is 79.9. The second kappa shape index (κ2) is 5.14. The molecule has 2 aromatic rings. The van der Waals surface area contributed by atoms with Gasteiger partial charge in [-0.2, -0.15) is 0 Å². The van der Waals surface area contributed by atoms with E-state index in [9.17, 15) is 8.42 Å². The predicted octanol–water partition coefficient (Wildman–Crippen LogP) is 2.02. The zero-order valence-electron chi connectivity index (χ0n) is 9.87. The van der Waals surface area contributed by atoms with Gasteiger partial charge in [-0.3, -0.25) is 0 Å². The Bertz CT molecular complexity index is 719. The minimum atomic E-state index is -3.29. The summed E-state index contributed by atoms with van der Waals surface area (Å²) in [6.07, 6.45) is 2.39. The van der Waals surface area contributed by atoms with Gasteiger partial charge < -0.3 is 10.5 Å². The van der Waals surface area contributed by atoms with Gasteiger partial charge in [-0.1, -0.05) is 6.07 Å². The van der Waals surface area contributed by atoms with E-state index in [1.165, 1.54) is 18.5 Å². The molecule has 0 fully saturated rings. The number of rotatable bonds is 3. The number of nitrogen functional groups attached to an aromatic ring is 1. The van der Waals surface area contributed by atoms with Crippen LogP contribution in [-0.2, 0) is 9.84 Å². The van der Waals surface area contributed by atoms with Crippen molar-refractivity contribution in [3.63, 3.8) is 0 Å². The number of hydrogen-bond acceptors (Lipinski definition) is 6. The first-order valence-corrected chi connectivity index (χ1v) is 7.80. The molecule has 0 unspecified atom stereocenters. The van der Waals surface area contributed by atoms with Gasteiger partial charge in [0.15, 0.2) is 9.84 Å². The Morgan fingerprint density at radius 2 is 2.05 bits per heavy atom. The molecule has 0 atom stereocenters. The second-order valence-corrected chi connectivity index (χ2v) is 6.54. The topological polar surface area (TPSA) is 95.2 Å². The number of aromatic nitrogens is 2. The van der Waals surface area contributed by atoms with Crippen LogP contribution in [0.2, 0.25) is 0 Å². The molecular formula is C11H10BrN3O3S. The van der Waals surface area contributed by atoms with Gasteiger partial charge in [-0.05, 0) is 34.1 Å². The van der Waals surface area contributed by atoms with E-state index in [1.807, 2.05) is 0 Å². The molecule has 2 rings (SSSR count). The van der Waals surface area contributed by atoms with Crippen molar-refractivity contribution in [1.82, 2.24) is 9.97 Å². The van der Waals surface area contributed by atoms with Gasteiger partial charge in [-0.25, -0.2) is 18.4 Å². The van der Waals surface area contributed by atoms with Crippen molar-refractivity contribution in [1.29, 1.82) is 0 Å². The Balaban J connectivity index is 2.37. The SMILES string of the molecule is CS(=O)(=O)c1cccc(Oc2ncnc(N)c2Br)c1. The zero-order valence-corrected chi connectivity index (χ0v) is 12.3. The van der Waals surface area contributed by atoms with E-state index in [-0.39, 0.29) is 16.6 Å². The lowest BCUT2D eigenvalue weighted by Crippen LogP contribution is -1.99. The zero-order chi connectivity index (χ0) is 14.0. The van der Waals surface area contributed by atoms with Crippen LogP contribution in [0.4, 0.5) is 5.82 Å². The number of hydrogen-bond donors (Lipinski definition) is 1. The lowest BCUT2D eigenvalue weighted by molar-refractivity contribution is 0.457. The fourth-order valence-corrected chi connectivity index (χ4v) is 2.26. The van der Waals surface area contributed by atoms with Crippen LogP contribution in [-0.4, -0.2) is 24.6 Å². The maximum absolute atomic E-state index is 11.4. The molecule has 0 saturated carbocycles. The molecule has 100 valence electrons. The largest absolute Gasteiger partial charge is 0.438 e. The highest BCUT2D eigenvalue weighted by Crippen LogP contribution is 2.30. The molecule has 0 amide bonds. The van der Waals surface area contributed by atoms with E-state index in [1.54, 1.807) is 12.1 Å². The van der Waals surface area contributed by atoms with Crippen LogP contribution in [0.25, 0.3) is 0 Å². The third-order valence-corrected chi connectivity index (χ3v) is 4.09. The van der Waals surface area contributed by atoms with Crippen LogP contribution < -0.4 is 10.5 Å². The standard InChI is InChI=1S/C11H10BrN3O3S/c1-19(16,17)8-4-2-3-7(5-8)18-11-9(12)10(13)14-6-15-11/h2-6H,1H3,(H2,13,14,15). The maximum Gasteiger partial charge on any atom is 0.238 e. The summed E-state index contributed by atoms with van der Waals surface area (Å²) in [7, 11) is -3.29. The molecule has 8 heteroatoms. The number of ether oxygens (including phenoxy) is 1. The van der Waals surface area contributed by atoms with Crippen molar-refractivity contribution >= 4 is 31.6 Å². The minimum Gasteiger partial charge on any atom is -0.438 e. The van der Waals surface area contributed by atoms with Crippen LogP contribution >= 0.6 is 15.9 Å². The van der Waals surface area contributed by atoms with Gasteiger partial charge in [0.25, 0.3) is 0 Å². The maximum atomic E-state index is 11.4. The molecule has 0 aliphatic heterocycles. The smallest absolute Gasteiger partial charge is 0.238 e. The molecule has 0 aliphatic rings. The summed E-state index contributed by atoms with van der Waals surface area (Å²) in [6, 6.07) is 6.12. The van der Waals surface area contributed by atoms with Gasteiger partial charge in [0, 0.05) is 6.26 Å². The van der Waals surface area contributed by atoms with E-state index < -0.39 is 9.84 Å². The van der Waals surface area contributed by atoms with Crippen molar-refractivity contribution < 1.29 is 13.2 Å². The van der Waals surface area contributed by atoms with Crippen molar-refractivity contribution in [2.45, 2.75) is 4.90 Å². The molecule has 1 aromatic carbocycles. The molecule has 0 radical (unpaired) electrons. The Hall–Kier alpha value is -1.67. The molecule has 1 heterocycles. The Kier molecular flexibility index (Phi) is 3.72. The van der Waals surface area contributed by atoms with E-state index in [0.29, 0.717) is 10.2 Å². The van der Waals surface area contributed by atoms with Gasteiger partial charge in [0.05, 0.1) is 4.90 Å². The van der Waals surface area contributed by atoms with Crippen LogP contribution in [0.1, 0.15) is 0 Å². The molecular weight excluding hydrogens is 334 g/mol. The molecule has 0 spiro atoms. The van der Waals surface area contributed by atoms with Gasteiger partial charge in [0.1, 0.15) is 22.4 Å². The highest BCUT2D eigenvalue weighted by Gasteiger charge is 2.11. The molecule has 19 heavy (non-hydrogen) atoms. The van der Waals surface area contributed by atoms with E-state index >= 15 is 0 Å². The molecule has 0 aliphatic carbocycles. The first kappa shape index (κ1) is 13.8. The summed E-state index contributed by atoms with van der Waals surface area (Å²) in [5.41, 5.74) is 5.60. The third kappa shape index (κ3) is 3.21. The lowest BCUT2D eigenvalue weighted by atomic mass is 10.3. The fourth-order valence-electron chi connectivity index (χ4n) is 1.32. The van der Waals surface area contributed by atoms with Crippen molar-refractivity contribution in [2.75, 3.05) is 12.0 Å². The molecule has 6 nitrogen and oxygen atoms in total.